The first-order valence-electron chi connectivity index (χ1n) is 6.04. The van der Waals surface area contributed by atoms with Crippen LogP contribution in [0.2, 0.25) is 19.6 Å². The fraction of sp³-hybridized carbons (Fsp3) is 0.357. The number of carbonyl (C=O) groups excluding carboxylic acids is 1. The summed E-state index contributed by atoms with van der Waals surface area (Å²) < 4.78 is 5.94. The van der Waals surface area contributed by atoms with Crippen molar-refractivity contribution in [3.05, 3.63) is 41.5 Å². The zero-order valence-corrected chi connectivity index (χ0v) is 12.3. The third-order valence-corrected chi connectivity index (χ3v) is 3.13. The van der Waals surface area contributed by atoms with Gasteiger partial charge < -0.3 is 14.3 Å². The fourth-order valence-corrected chi connectivity index (χ4v) is 2.44. The Morgan fingerprint density at radius 2 is 1.78 bits per heavy atom. The van der Waals surface area contributed by atoms with E-state index in [1.807, 2.05) is 50.0 Å². The molecule has 4 heteroatoms. The zero-order valence-electron chi connectivity index (χ0n) is 11.3. The van der Waals surface area contributed by atoms with Gasteiger partial charge in [0.25, 0.3) is 0 Å². The third-order valence-electron chi connectivity index (χ3n) is 2.32. The van der Waals surface area contributed by atoms with Crippen molar-refractivity contribution in [2.45, 2.75) is 33.0 Å². The molecular formula is C14H19O3Si-. The Hall–Kier alpha value is -1.55. The molecule has 0 aliphatic heterocycles. The van der Waals surface area contributed by atoms with E-state index in [0.717, 1.165) is 5.56 Å². The van der Waals surface area contributed by atoms with Crippen molar-refractivity contribution in [1.82, 2.24) is 0 Å². The molecule has 0 aromatic heterocycles. The number of hydrogen-bond acceptors (Lipinski definition) is 3. The molecule has 3 nitrogen and oxygen atoms in total. The average molecular weight is 263 g/mol. The van der Waals surface area contributed by atoms with Crippen LogP contribution in [0.3, 0.4) is 0 Å². The molecule has 0 aliphatic carbocycles. The van der Waals surface area contributed by atoms with Crippen LogP contribution in [0.4, 0.5) is 0 Å². The number of hydrogen-bond donors (Lipinski definition) is 0. The Bertz CT molecular complexity index is 444. The highest BCUT2D eigenvalue weighted by Gasteiger charge is 2.21. The highest BCUT2D eigenvalue weighted by molar-refractivity contribution is 6.70. The van der Waals surface area contributed by atoms with Crippen LogP contribution < -0.4 is 5.11 Å². The first kappa shape index (κ1) is 14.5. The third kappa shape index (κ3) is 4.03. The van der Waals surface area contributed by atoms with Crippen molar-refractivity contribution >= 4 is 20.0 Å². The second-order valence-electron chi connectivity index (χ2n) is 5.03. The van der Waals surface area contributed by atoms with Crippen molar-refractivity contribution in [1.29, 1.82) is 0 Å². The predicted molar refractivity (Wildman–Crippen MR) is 73.1 cm³/mol. The number of carboxylic acid groups (broad SMARTS) is 1. The second-order valence-corrected chi connectivity index (χ2v) is 9.46. The maximum absolute atomic E-state index is 11.2. The van der Waals surface area contributed by atoms with Crippen molar-refractivity contribution in [3.8, 4) is 0 Å². The molecule has 98 valence electrons. The minimum atomic E-state index is -1.88. The molecule has 0 saturated carbocycles. The van der Waals surface area contributed by atoms with Gasteiger partial charge in [0.15, 0.2) is 0 Å². The normalized spacial score (nSPS) is 12.9. The average Bonchev–Trinajstić information content (AvgIpc) is 2.28. The fourth-order valence-electron chi connectivity index (χ4n) is 1.59. The number of carbonyl (C=O) groups is 1. The Balaban J connectivity index is 3.31. The molecule has 0 spiro atoms. The molecule has 0 radical (unpaired) electrons. The first-order chi connectivity index (χ1) is 8.35. The summed E-state index contributed by atoms with van der Waals surface area (Å²) in [5.74, 6) is -0.702. The van der Waals surface area contributed by atoms with Crippen molar-refractivity contribution in [3.63, 3.8) is 0 Å². The van der Waals surface area contributed by atoms with Crippen molar-refractivity contribution < 1.29 is 14.3 Å². The molecule has 0 amide bonds. The topological polar surface area (TPSA) is 49.4 Å². The summed E-state index contributed by atoms with van der Waals surface area (Å²) >= 11 is 0. The van der Waals surface area contributed by atoms with Crippen LogP contribution >= 0.6 is 0 Å². The molecule has 1 aromatic rings. The lowest BCUT2D eigenvalue weighted by atomic mass is 10.1. The van der Waals surface area contributed by atoms with E-state index in [9.17, 15) is 9.90 Å². The quantitative estimate of drug-likeness (QED) is 0.465. The van der Waals surface area contributed by atoms with E-state index in [1.54, 1.807) is 6.92 Å². The standard InChI is InChI=1S/C14H20O3Si/c1-5-12(14(15)16)13(17-18(2,3)4)11-9-7-6-8-10-11/h6-10H,5H2,1-4H3,(H,15,16)/p-1/b13-12-. The van der Waals surface area contributed by atoms with Gasteiger partial charge in [-0.2, -0.15) is 0 Å². The summed E-state index contributed by atoms with van der Waals surface area (Å²) in [7, 11) is -1.88. The summed E-state index contributed by atoms with van der Waals surface area (Å²) in [6.07, 6.45) is 0.386. The number of aliphatic carboxylic acids is 1. The Kier molecular flexibility index (Phi) is 4.73. The largest absolute Gasteiger partial charge is 0.545 e. The van der Waals surface area contributed by atoms with Gasteiger partial charge in [0.05, 0.1) is 5.97 Å². The highest BCUT2D eigenvalue weighted by Crippen LogP contribution is 2.25. The van der Waals surface area contributed by atoms with Crippen LogP contribution in [0.1, 0.15) is 18.9 Å². The lowest BCUT2D eigenvalue weighted by Crippen LogP contribution is -2.29. The molecule has 0 bridgehead atoms. The summed E-state index contributed by atoms with van der Waals surface area (Å²) in [4.78, 5) is 11.2. The Labute approximate surface area is 109 Å². The van der Waals surface area contributed by atoms with Gasteiger partial charge in [-0.1, -0.05) is 37.3 Å². The molecule has 0 fully saturated rings. The summed E-state index contributed by atoms with van der Waals surface area (Å²) in [5, 5.41) is 11.2. The second kappa shape index (κ2) is 5.86. The van der Waals surface area contributed by atoms with Crippen LogP contribution in [-0.2, 0) is 9.22 Å². The Morgan fingerprint density at radius 1 is 1.22 bits per heavy atom. The van der Waals surface area contributed by atoms with E-state index in [0.29, 0.717) is 12.2 Å². The van der Waals surface area contributed by atoms with Crippen LogP contribution in [-0.4, -0.2) is 14.3 Å². The molecule has 0 unspecified atom stereocenters. The first-order valence-corrected chi connectivity index (χ1v) is 9.45. The maximum atomic E-state index is 11.2. The van der Waals surface area contributed by atoms with E-state index >= 15 is 0 Å². The summed E-state index contributed by atoms with van der Waals surface area (Å²) in [5.41, 5.74) is 1.02. The molecule has 0 heterocycles. The molecule has 1 rings (SSSR count). The lowest BCUT2D eigenvalue weighted by Gasteiger charge is -2.25. The number of carboxylic acids is 1. The number of rotatable bonds is 5. The smallest absolute Gasteiger partial charge is 0.242 e. The van der Waals surface area contributed by atoms with Crippen LogP contribution in [0, 0.1) is 0 Å². The van der Waals surface area contributed by atoms with Gasteiger partial charge >= 0.3 is 0 Å². The summed E-state index contributed by atoms with van der Waals surface area (Å²) in [6, 6.07) is 9.33. The van der Waals surface area contributed by atoms with Crippen LogP contribution in [0.25, 0.3) is 5.76 Å². The molecule has 0 saturated heterocycles. The van der Waals surface area contributed by atoms with Crippen molar-refractivity contribution in [2.24, 2.45) is 0 Å². The van der Waals surface area contributed by atoms with Gasteiger partial charge in [0.1, 0.15) is 5.76 Å². The van der Waals surface area contributed by atoms with E-state index in [4.69, 9.17) is 4.43 Å². The minimum Gasteiger partial charge on any atom is -0.545 e. The molecule has 1 aromatic carbocycles. The van der Waals surface area contributed by atoms with Gasteiger partial charge in [-0.05, 0) is 26.1 Å². The van der Waals surface area contributed by atoms with E-state index < -0.39 is 14.3 Å². The predicted octanol–water partition coefficient (Wildman–Crippen LogP) is 2.41. The summed E-state index contributed by atoms with van der Waals surface area (Å²) in [6.45, 7) is 7.87. The van der Waals surface area contributed by atoms with Gasteiger partial charge in [0.2, 0.25) is 8.32 Å². The van der Waals surface area contributed by atoms with Gasteiger partial charge in [-0.25, -0.2) is 0 Å². The zero-order chi connectivity index (χ0) is 13.8. The van der Waals surface area contributed by atoms with E-state index in [1.165, 1.54) is 0 Å². The Morgan fingerprint density at radius 3 is 2.17 bits per heavy atom. The van der Waals surface area contributed by atoms with Crippen LogP contribution in [0.5, 0.6) is 0 Å². The van der Waals surface area contributed by atoms with Crippen LogP contribution in [0.15, 0.2) is 35.9 Å². The highest BCUT2D eigenvalue weighted by atomic mass is 28.4. The molecular weight excluding hydrogens is 244 g/mol. The number of benzene rings is 1. The maximum Gasteiger partial charge on any atom is 0.242 e. The lowest BCUT2D eigenvalue weighted by molar-refractivity contribution is -0.299. The van der Waals surface area contributed by atoms with Gasteiger partial charge in [-0.3, -0.25) is 0 Å². The van der Waals surface area contributed by atoms with E-state index in [-0.39, 0.29) is 5.57 Å². The molecule has 0 aliphatic rings. The van der Waals surface area contributed by atoms with Gasteiger partial charge in [0, 0.05) is 11.1 Å². The van der Waals surface area contributed by atoms with E-state index in [2.05, 4.69) is 0 Å². The molecule has 0 N–H and O–H groups in total. The SMILES string of the molecule is CC/C(C(=O)[O-])=C(/O[Si](C)(C)C)c1ccccc1. The minimum absolute atomic E-state index is 0.226. The monoisotopic (exact) mass is 263 g/mol. The molecule has 0 atom stereocenters. The molecule has 18 heavy (non-hydrogen) atoms. The van der Waals surface area contributed by atoms with Crippen molar-refractivity contribution in [2.75, 3.05) is 0 Å². The van der Waals surface area contributed by atoms with Gasteiger partial charge in [-0.15, -0.1) is 0 Å².